The summed E-state index contributed by atoms with van der Waals surface area (Å²) in [6.07, 6.45) is 5.69. The van der Waals surface area contributed by atoms with Crippen LogP contribution in [0, 0.1) is 0 Å². The van der Waals surface area contributed by atoms with Crippen LogP contribution in [0.15, 0.2) is 30.8 Å². The number of benzene rings is 1. The minimum absolute atomic E-state index is 0.735. The van der Waals surface area contributed by atoms with E-state index in [1.807, 2.05) is 6.08 Å². The zero-order valence-corrected chi connectivity index (χ0v) is 9.29. The molecule has 0 amide bonds. The van der Waals surface area contributed by atoms with Crippen molar-refractivity contribution in [3.05, 3.63) is 42.0 Å². The molecule has 0 aromatic heterocycles. The Hall–Kier alpha value is -1.04. The zero-order chi connectivity index (χ0) is 10.4. The average molecular weight is 188 g/mol. The second kappa shape index (κ2) is 5.64. The molecule has 1 atom stereocenters. The van der Waals surface area contributed by atoms with Gasteiger partial charge in [0, 0.05) is 0 Å². The highest BCUT2D eigenvalue weighted by Gasteiger charge is 2.06. The molecule has 0 bridgehead atoms. The Morgan fingerprint density at radius 1 is 1.21 bits per heavy atom. The van der Waals surface area contributed by atoms with E-state index in [1.54, 1.807) is 0 Å². The maximum atomic E-state index is 3.76. The van der Waals surface area contributed by atoms with Crippen molar-refractivity contribution in [1.29, 1.82) is 0 Å². The molecule has 0 fully saturated rings. The van der Waals surface area contributed by atoms with Gasteiger partial charge in [-0.15, -0.1) is 0 Å². The molecule has 0 heteroatoms. The number of rotatable bonds is 5. The summed E-state index contributed by atoms with van der Waals surface area (Å²) < 4.78 is 0. The van der Waals surface area contributed by atoms with E-state index in [-0.39, 0.29) is 0 Å². The highest BCUT2D eigenvalue weighted by Crippen LogP contribution is 2.24. The second-order valence-electron chi connectivity index (χ2n) is 3.76. The van der Waals surface area contributed by atoms with E-state index in [4.69, 9.17) is 0 Å². The maximum Gasteiger partial charge on any atom is -0.0165 e. The molecule has 1 rings (SSSR count). The molecule has 1 aromatic rings. The van der Waals surface area contributed by atoms with Crippen molar-refractivity contribution in [2.24, 2.45) is 0 Å². The van der Waals surface area contributed by atoms with E-state index < -0.39 is 0 Å². The molecule has 14 heavy (non-hydrogen) atoms. The van der Waals surface area contributed by atoms with E-state index >= 15 is 0 Å². The van der Waals surface area contributed by atoms with E-state index in [1.165, 1.54) is 30.4 Å². The number of hydrogen-bond donors (Lipinski definition) is 0. The second-order valence-corrected chi connectivity index (χ2v) is 3.76. The van der Waals surface area contributed by atoms with Crippen molar-refractivity contribution in [3.8, 4) is 0 Å². The normalized spacial score (nSPS) is 12.4. The van der Waals surface area contributed by atoms with Crippen molar-refractivity contribution < 1.29 is 0 Å². The standard InChI is InChI=1S/C14H20/c1-4-7-13(6-3)14-10-8-12(5-2)9-11-14/h5,8-11,13H,2,4,6-7H2,1,3H3. The molecule has 0 radical (unpaired) electrons. The van der Waals surface area contributed by atoms with Crippen LogP contribution in [0.2, 0.25) is 0 Å². The van der Waals surface area contributed by atoms with Gasteiger partial charge >= 0.3 is 0 Å². The van der Waals surface area contributed by atoms with E-state index in [0.29, 0.717) is 0 Å². The van der Waals surface area contributed by atoms with Crippen LogP contribution in [-0.4, -0.2) is 0 Å². The molecular formula is C14H20. The fourth-order valence-corrected chi connectivity index (χ4v) is 1.86. The first kappa shape index (κ1) is 11.0. The van der Waals surface area contributed by atoms with E-state index in [9.17, 15) is 0 Å². The minimum Gasteiger partial charge on any atom is -0.0985 e. The van der Waals surface area contributed by atoms with Crippen LogP contribution in [0.25, 0.3) is 6.08 Å². The Labute approximate surface area is 87.7 Å². The van der Waals surface area contributed by atoms with Gasteiger partial charge in [-0.05, 0) is 29.9 Å². The Morgan fingerprint density at radius 3 is 2.29 bits per heavy atom. The molecule has 1 unspecified atom stereocenters. The van der Waals surface area contributed by atoms with Crippen molar-refractivity contribution in [1.82, 2.24) is 0 Å². The van der Waals surface area contributed by atoms with E-state index in [2.05, 4.69) is 44.7 Å². The lowest BCUT2D eigenvalue weighted by atomic mass is 9.91. The molecule has 0 saturated heterocycles. The van der Waals surface area contributed by atoms with Crippen molar-refractivity contribution in [3.63, 3.8) is 0 Å². The molecule has 0 aliphatic carbocycles. The molecule has 76 valence electrons. The number of hydrogen-bond acceptors (Lipinski definition) is 0. The lowest BCUT2D eigenvalue weighted by Crippen LogP contribution is -1.96. The van der Waals surface area contributed by atoms with Gasteiger partial charge in [0.1, 0.15) is 0 Å². The first-order valence-corrected chi connectivity index (χ1v) is 5.54. The van der Waals surface area contributed by atoms with Crippen LogP contribution >= 0.6 is 0 Å². The van der Waals surface area contributed by atoms with Gasteiger partial charge in [-0.3, -0.25) is 0 Å². The van der Waals surface area contributed by atoms with Crippen LogP contribution < -0.4 is 0 Å². The van der Waals surface area contributed by atoms with Crippen LogP contribution in [0.4, 0.5) is 0 Å². The van der Waals surface area contributed by atoms with Gasteiger partial charge < -0.3 is 0 Å². The fraction of sp³-hybridized carbons (Fsp3) is 0.429. The lowest BCUT2D eigenvalue weighted by molar-refractivity contribution is 0.596. The minimum atomic E-state index is 0.735. The Kier molecular flexibility index (Phi) is 4.45. The largest absolute Gasteiger partial charge is 0.0985 e. The van der Waals surface area contributed by atoms with Gasteiger partial charge in [-0.1, -0.05) is 57.2 Å². The summed E-state index contributed by atoms with van der Waals surface area (Å²) in [4.78, 5) is 0. The van der Waals surface area contributed by atoms with Gasteiger partial charge in [0.15, 0.2) is 0 Å². The van der Waals surface area contributed by atoms with Gasteiger partial charge in [-0.2, -0.15) is 0 Å². The molecule has 0 aliphatic rings. The van der Waals surface area contributed by atoms with Gasteiger partial charge in [0.05, 0.1) is 0 Å². The van der Waals surface area contributed by atoms with Crippen LogP contribution in [-0.2, 0) is 0 Å². The maximum absolute atomic E-state index is 3.76. The van der Waals surface area contributed by atoms with Gasteiger partial charge in [-0.25, -0.2) is 0 Å². The van der Waals surface area contributed by atoms with Crippen molar-refractivity contribution in [2.45, 2.75) is 39.0 Å². The monoisotopic (exact) mass is 188 g/mol. The smallest absolute Gasteiger partial charge is 0.0165 e. The van der Waals surface area contributed by atoms with E-state index in [0.717, 1.165) is 5.92 Å². The molecule has 0 heterocycles. The average Bonchev–Trinajstić information content (AvgIpc) is 2.26. The summed E-state index contributed by atoms with van der Waals surface area (Å²) in [5.74, 6) is 0.735. The lowest BCUT2D eigenvalue weighted by Gasteiger charge is -2.14. The first-order chi connectivity index (χ1) is 6.81. The predicted octanol–water partition coefficient (Wildman–Crippen LogP) is 4.62. The van der Waals surface area contributed by atoms with Crippen molar-refractivity contribution in [2.75, 3.05) is 0 Å². The Balaban J connectivity index is 2.77. The van der Waals surface area contributed by atoms with Gasteiger partial charge in [0.25, 0.3) is 0 Å². The third-order valence-electron chi connectivity index (χ3n) is 2.77. The zero-order valence-electron chi connectivity index (χ0n) is 9.29. The van der Waals surface area contributed by atoms with Gasteiger partial charge in [0.2, 0.25) is 0 Å². The third kappa shape index (κ3) is 2.73. The fourth-order valence-electron chi connectivity index (χ4n) is 1.86. The van der Waals surface area contributed by atoms with Crippen LogP contribution in [0.3, 0.4) is 0 Å². The SMILES string of the molecule is C=Cc1ccc(C(CC)CCC)cc1. The topological polar surface area (TPSA) is 0 Å². The molecule has 0 aliphatic heterocycles. The molecule has 0 N–H and O–H groups in total. The highest BCUT2D eigenvalue weighted by atomic mass is 14.1. The molecule has 0 saturated carbocycles. The molecular weight excluding hydrogens is 168 g/mol. The summed E-state index contributed by atoms with van der Waals surface area (Å²) in [6.45, 7) is 8.28. The predicted molar refractivity (Wildman–Crippen MR) is 64.5 cm³/mol. The van der Waals surface area contributed by atoms with Crippen LogP contribution in [0.5, 0.6) is 0 Å². The highest BCUT2D eigenvalue weighted by molar-refractivity contribution is 5.47. The first-order valence-electron chi connectivity index (χ1n) is 5.54. The summed E-state index contributed by atoms with van der Waals surface area (Å²) in [5.41, 5.74) is 2.68. The third-order valence-corrected chi connectivity index (χ3v) is 2.77. The Morgan fingerprint density at radius 2 is 1.86 bits per heavy atom. The summed E-state index contributed by atoms with van der Waals surface area (Å²) >= 11 is 0. The molecule has 0 nitrogen and oxygen atoms in total. The summed E-state index contributed by atoms with van der Waals surface area (Å²) in [6, 6.07) is 8.78. The molecule has 0 spiro atoms. The summed E-state index contributed by atoms with van der Waals surface area (Å²) in [7, 11) is 0. The molecule has 1 aromatic carbocycles. The van der Waals surface area contributed by atoms with Crippen molar-refractivity contribution >= 4 is 6.08 Å². The Bertz CT molecular complexity index is 269. The summed E-state index contributed by atoms with van der Waals surface area (Å²) in [5, 5.41) is 0. The quantitative estimate of drug-likeness (QED) is 0.632. The van der Waals surface area contributed by atoms with Crippen LogP contribution in [0.1, 0.15) is 50.2 Å².